The van der Waals surface area contributed by atoms with Gasteiger partial charge in [0.1, 0.15) is 0 Å². The molecule has 0 aliphatic carbocycles. The maximum absolute atomic E-state index is 5.70. The molecule has 0 saturated carbocycles. The second-order valence-corrected chi connectivity index (χ2v) is 5.66. The van der Waals surface area contributed by atoms with E-state index < -0.39 is 0 Å². The van der Waals surface area contributed by atoms with Crippen LogP contribution in [0.1, 0.15) is 24.6 Å². The molecule has 86 valence electrons. The third-order valence-electron chi connectivity index (χ3n) is 2.38. The van der Waals surface area contributed by atoms with E-state index in [1.807, 2.05) is 0 Å². The average molecular weight is 291 g/mol. The minimum Gasteiger partial charge on any atom is -0.330 e. The summed E-state index contributed by atoms with van der Waals surface area (Å²) in [7, 11) is 0. The van der Waals surface area contributed by atoms with Crippen molar-refractivity contribution < 1.29 is 0 Å². The quantitative estimate of drug-likeness (QED) is 0.810. The van der Waals surface area contributed by atoms with E-state index in [1.165, 1.54) is 22.2 Å². The number of halogens is 1. The highest BCUT2D eigenvalue weighted by Gasteiger charge is 2.04. The molecule has 4 heteroatoms. The van der Waals surface area contributed by atoms with Crippen LogP contribution >= 0.6 is 27.3 Å². The molecule has 0 aromatic carbocycles. The van der Waals surface area contributed by atoms with Crippen LogP contribution < -0.4 is 11.1 Å². The van der Waals surface area contributed by atoms with Crippen LogP contribution in [0.25, 0.3) is 0 Å². The van der Waals surface area contributed by atoms with Gasteiger partial charge in [0, 0.05) is 21.3 Å². The molecule has 0 radical (unpaired) electrons. The fourth-order valence-corrected chi connectivity index (χ4v) is 2.98. The molecule has 0 spiro atoms. The summed E-state index contributed by atoms with van der Waals surface area (Å²) in [6.45, 7) is 4.98. The Bertz CT molecular complexity index is 275. The molecule has 1 heterocycles. The van der Waals surface area contributed by atoms with Crippen molar-refractivity contribution in [1.82, 2.24) is 5.32 Å². The molecule has 0 aliphatic rings. The van der Waals surface area contributed by atoms with E-state index in [4.69, 9.17) is 5.73 Å². The van der Waals surface area contributed by atoms with Crippen molar-refractivity contribution in [1.29, 1.82) is 0 Å². The summed E-state index contributed by atoms with van der Waals surface area (Å²) in [6, 6.07) is 2.16. The molecule has 1 aromatic rings. The normalized spacial score (nSPS) is 13.0. The zero-order chi connectivity index (χ0) is 11.1. The number of hydrogen-bond donors (Lipinski definition) is 2. The first-order chi connectivity index (χ1) is 7.26. The summed E-state index contributed by atoms with van der Waals surface area (Å²) in [4.78, 5) is 1.37. The Balaban J connectivity index is 2.20. The first kappa shape index (κ1) is 13.2. The molecule has 1 atom stereocenters. The van der Waals surface area contributed by atoms with E-state index in [0.29, 0.717) is 5.92 Å². The van der Waals surface area contributed by atoms with Crippen LogP contribution in [0.4, 0.5) is 0 Å². The fourth-order valence-electron chi connectivity index (χ4n) is 1.56. The van der Waals surface area contributed by atoms with Gasteiger partial charge in [-0.05, 0) is 47.4 Å². The van der Waals surface area contributed by atoms with Crippen LogP contribution in [-0.4, -0.2) is 13.1 Å². The Morgan fingerprint density at radius 3 is 2.93 bits per heavy atom. The van der Waals surface area contributed by atoms with Crippen molar-refractivity contribution in [3.63, 3.8) is 0 Å². The molecule has 1 aromatic heterocycles. The molecule has 0 saturated heterocycles. The number of nitrogens with two attached hydrogens (primary N) is 1. The molecule has 1 unspecified atom stereocenters. The van der Waals surface area contributed by atoms with E-state index in [0.717, 1.165) is 19.6 Å². The highest BCUT2D eigenvalue weighted by molar-refractivity contribution is 9.10. The van der Waals surface area contributed by atoms with E-state index in [-0.39, 0.29) is 0 Å². The Hall–Kier alpha value is 0.1000. The average Bonchev–Trinajstić information content (AvgIpc) is 2.63. The molecule has 15 heavy (non-hydrogen) atoms. The van der Waals surface area contributed by atoms with Gasteiger partial charge >= 0.3 is 0 Å². The third-order valence-corrected chi connectivity index (χ3v) is 4.08. The predicted molar refractivity (Wildman–Crippen MR) is 71.2 cm³/mol. The Kier molecular flexibility index (Phi) is 6.48. The Labute approximate surface area is 104 Å². The molecule has 3 N–H and O–H groups in total. The standard InChI is InChI=1S/C11H19BrN2S/c1-2-3-9(5-13)6-14-7-11-4-10(12)8-15-11/h4,8-9,14H,2-3,5-7,13H2,1H3. The summed E-state index contributed by atoms with van der Waals surface area (Å²) in [5.74, 6) is 0.624. The van der Waals surface area contributed by atoms with Crippen molar-refractivity contribution in [3.05, 3.63) is 20.8 Å². The summed E-state index contributed by atoms with van der Waals surface area (Å²) in [6.07, 6.45) is 2.44. The Morgan fingerprint density at radius 1 is 1.60 bits per heavy atom. The monoisotopic (exact) mass is 290 g/mol. The van der Waals surface area contributed by atoms with Crippen LogP contribution in [0, 0.1) is 5.92 Å². The van der Waals surface area contributed by atoms with Crippen LogP contribution in [0.2, 0.25) is 0 Å². The van der Waals surface area contributed by atoms with Crippen LogP contribution in [0.3, 0.4) is 0 Å². The maximum atomic E-state index is 5.70. The van der Waals surface area contributed by atoms with Crippen molar-refractivity contribution in [2.75, 3.05) is 13.1 Å². The molecular formula is C11H19BrN2S. The molecule has 0 bridgehead atoms. The van der Waals surface area contributed by atoms with Crippen molar-refractivity contribution >= 4 is 27.3 Å². The molecule has 0 fully saturated rings. The lowest BCUT2D eigenvalue weighted by Gasteiger charge is -2.13. The minimum absolute atomic E-state index is 0.624. The van der Waals surface area contributed by atoms with E-state index >= 15 is 0 Å². The first-order valence-corrected chi connectivity index (χ1v) is 7.07. The van der Waals surface area contributed by atoms with Crippen LogP contribution in [0.5, 0.6) is 0 Å². The van der Waals surface area contributed by atoms with Gasteiger partial charge in [0.25, 0.3) is 0 Å². The molecular weight excluding hydrogens is 272 g/mol. The minimum atomic E-state index is 0.624. The largest absolute Gasteiger partial charge is 0.330 e. The lowest BCUT2D eigenvalue weighted by atomic mass is 10.0. The predicted octanol–water partition coefficient (Wildman–Crippen LogP) is 2.98. The second kappa shape index (κ2) is 7.39. The molecule has 0 amide bonds. The molecule has 0 aliphatic heterocycles. The molecule has 2 nitrogen and oxygen atoms in total. The lowest BCUT2D eigenvalue weighted by molar-refractivity contribution is 0.450. The van der Waals surface area contributed by atoms with Gasteiger partial charge < -0.3 is 11.1 Å². The van der Waals surface area contributed by atoms with Crippen LogP contribution in [-0.2, 0) is 6.54 Å². The Morgan fingerprint density at radius 2 is 2.40 bits per heavy atom. The van der Waals surface area contributed by atoms with Gasteiger partial charge in [0.2, 0.25) is 0 Å². The highest BCUT2D eigenvalue weighted by atomic mass is 79.9. The van der Waals surface area contributed by atoms with Crippen molar-refractivity contribution in [3.8, 4) is 0 Å². The van der Waals surface area contributed by atoms with E-state index in [2.05, 4.69) is 39.6 Å². The number of thiophene rings is 1. The topological polar surface area (TPSA) is 38.0 Å². The van der Waals surface area contributed by atoms with Crippen LogP contribution in [0.15, 0.2) is 15.9 Å². The van der Waals surface area contributed by atoms with Gasteiger partial charge in [-0.3, -0.25) is 0 Å². The van der Waals surface area contributed by atoms with Gasteiger partial charge in [-0.25, -0.2) is 0 Å². The summed E-state index contributed by atoms with van der Waals surface area (Å²) >= 11 is 5.24. The third kappa shape index (κ3) is 5.11. The van der Waals surface area contributed by atoms with Crippen molar-refractivity contribution in [2.45, 2.75) is 26.3 Å². The summed E-state index contributed by atoms with van der Waals surface area (Å²) < 4.78 is 1.17. The van der Waals surface area contributed by atoms with Gasteiger partial charge in [-0.2, -0.15) is 0 Å². The molecule has 1 rings (SSSR count). The summed E-state index contributed by atoms with van der Waals surface area (Å²) in [5.41, 5.74) is 5.70. The number of rotatable bonds is 7. The second-order valence-electron chi connectivity index (χ2n) is 3.75. The fraction of sp³-hybridized carbons (Fsp3) is 0.636. The number of hydrogen-bond acceptors (Lipinski definition) is 3. The smallest absolute Gasteiger partial charge is 0.0300 e. The zero-order valence-electron chi connectivity index (χ0n) is 9.13. The highest BCUT2D eigenvalue weighted by Crippen LogP contribution is 2.19. The van der Waals surface area contributed by atoms with Gasteiger partial charge in [-0.1, -0.05) is 13.3 Å². The van der Waals surface area contributed by atoms with E-state index in [1.54, 1.807) is 11.3 Å². The van der Waals surface area contributed by atoms with Gasteiger partial charge in [-0.15, -0.1) is 11.3 Å². The number of nitrogens with one attached hydrogen (secondary N) is 1. The SMILES string of the molecule is CCCC(CN)CNCc1cc(Br)cs1. The lowest BCUT2D eigenvalue weighted by Crippen LogP contribution is -2.27. The van der Waals surface area contributed by atoms with Crippen molar-refractivity contribution in [2.24, 2.45) is 11.7 Å². The van der Waals surface area contributed by atoms with Gasteiger partial charge in [0.05, 0.1) is 0 Å². The van der Waals surface area contributed by atoms with Gasteiger partial charge in [0.15, 0.2) is 0 Å². The maximum Gasteiger partial charge on any atom is 0.0300 e. The van der Waals surface area contributed by atoms with E-state index in [9.17, 15) is 0 Å². The zero-order valence-corrected chi connectivity index (χ0v) is 11.5. The first-order valence-electron chi connectivity index (χ1n) is 5.40. The summed E-state index contributed by atoms with van der Waals surface area (Å²) in [5, 5.41) is 5.57.